The Morgan fingerprint density at radius 2 is 2.00 bits per heavy atom. The molecule has 0 bridgehead atoms. The topological polar surface area (TPSA) is 98.8 Å². The second-order valence-electron chi connectivity index (χ2n) is 9.85. The standard InChI is InChI=1S/C29H25N5O3/c1-16-11-12-30-28-25(16)31-27(19-8-9-19)34(28)14-18-7-10-22-23(13-18)36-15-20-5-3-4-6-21(20)24(22)17(2)26-32-29(35)37-33-26/h3-7,10-13,19H,8-9,14-15H2,1-2H3,(H,32,33,35)/b24-17+. The minimum atomic E-state index is -0.577. The van der Waals surface area contributed by atoms with Crippen LogP contribution in [0.3, 0.4) is 0 Å². The van der Waals surface area contributed by atoms with E-state index >= 15 is 0 Å². The van der Waals surface area contributed by atoms with E-state index in [1.165, 1.54) is 12.8 Å². The van der Waals surface area contributed by atoms with Crippen LogP contribution in [-0.4, -0.2) is 24.7 Å². The van der Waals surface area contributed by atoms with Gasteiger partial charge >= 0.3 is 5.76 Å². The molecule has 4 heterocycles. The number of nitrogens with one attached hydrogen (secondary N) is 1. The Hall–Kier alpha value is -4.46. The summed E-state index contributed by atoms with van der Waals surface area (Å²) in [5.74, 6) is 2.24. The van der Waals surface area contributed by atoms with E-state index in [-0.39, 0.29) is 0 Å². The Morgan fingerprint density at radius 1 is 1.14 bits per heavy atom. The molecule has 2 aliphatic rings. The van der Waals surface area contributed by atoms with E-state index in [9.17, 15) is 4.79 Å². The van der Waals surface area contributed by atoms with Crippen molar-refractivity contribution in [1.82, 2.24) is 24.7 Å². The molecule has 5 aromatic rings. The van der Waals surface area contributed by atoms with Gasteiger partial charge in [-0.15, -0.1) is 0 Å². The summed E-state index contributed by atoms with van der Waals surface area (Å²) in [6, 6.07) is 16.5. The first kappa shape index (κ1) is 21.8. The molecule has 0 atom stereocenters. The number of aryl methyl sites for hydroxylation is 1. The van der Waals surface area contributed by atoms with E-state index in [2.05, 4.69) is 56.9 Å². The Morgan fingerprint density at radius 3 is 2.81 bits per heavy atom. The number of nitrogens with zero attached hydrogens (tertiary/aromatic N) is 4. The van der Waals surface area contributed by atoms with Gasteiger partial charge < -0.3 is 9.30 Å². The van der Waals surface area contributed by atoms with Gasteiger partial charge in [0.25, 0.3) is 0 Å². The lowest BCUT2D eigenvalue weighted by atomic mass is 9.90. The third-order valence-corrected chi connectivity index (χ3v) is 7.30. The summed E-state index contributed by atoms with van der Waals surface area (Å²) in [6.45, 7) is 5.14. The molecule has 1 fully saturated rings. The van der Waals surface area contributed by atoms with Crippen molar-refractivity contribution in [3.05, 3.63) is 105 Å². The number of allylic oxidation sites excluding steroid dienone is 1. The normalized spacial score (nSPS) is 16.2. The Kier molecular flexibility index (Phi) is 4.89. The third-order valence-electron chi connectivity index (χ3n) is 7.30. The molecule has 2 aromatic carbocycles. The van der Waals surface area contributed by atoms with Crippen LogP contribution in [0.5, 0.6) is 5.75 Å². The van der Waals surface area contributed by atoms with Gasteiger partial charge in [0.2, 0.25) is 0 Å². The van der Waals surface area contributed by atoms with Crippen LogP contribution in [0, 0.1) is 6.92 Å². The van der Waals surface area contributed by atoms with Crippen molar-refractivity contribution in [2.75, 3.05) is 0 Å². The first-order valence-corrected chi connectivity index (χ1v) is 12.5. The van der Waals surface area contributed by atoms with Crippen molar-refractivity contribution in [2.24, 2.45) is 0 Å². The molecule has 1 aliphatic heterocycles. The molecule has 0 unspecified atom stereocenters. The van der Waals surface area contributed by atoms with Gasteiger partial charge in [0, 0.05) is 23.3 Å². The van der Waals surface area contributed by atoms with Crippen LogP contribution in [0.2, 0.25) is 0 Å². The average Bonchev–Trinajstić information content (AvgIpc) is 3.59. The summed E-state index contributed by atoms with van der Waals surface area (Å²) < 4.78 is 13.4. The number of imidazole rings is 1. The van der Waals surface area contributed by atoms with Crippen LogP contribution >= 0.6 is 0 Å². The van der Waals surface area contributed by atoms with Crippen LogP contribution in [0.25, 0.3) is 22.3 Å². The van der Waals surface area contributed by atoms with Crippen molar-refractivity contribution >= 4 is 22.3 Å². The monoisotopic (exact) mass is 491 g/mol. The van der Waals surface area contributed by atoms with Gasteiger partial charge in [-0.25, -0.2) is 14.8 Å². The summed E-state index contributed by atoms with van der Waals surface area (Å²) in [7, 11) is 0. The number of ether oxygens (including phenoxy) is 1. The fourth-order valence-corrected chi connectivity index (χ4v) is 5.24. The van der Waals surface area contributed by atoms with Crippen molar-refractivity contribution < 1.29 is 9.26 Å². The molecule has 0 amide bonds. The molecule has 184 valence electrons. The molecule has 0 spiro atoms. The van der Waals surface area contributed by atoms with Crippen molar-refractivity contribution in [3.63, 3.8) is 0 Å². The molecule has 37 heavy (non-hydrogen) atoms. The molecule has 7 rings (SSSR count). The molecule has 8 heteroatoms. The van der Waals surface area contributed by atoms with Crippen LogP contribution in [-0.2, 0) is 13.2 Å². The highest BCUT2D eigenvalue weighted by molar-refractivity contribution is 5.99. The molecule has 1 aliphatic carbocycles. The first-order valence-electron chi connectivity index (χ1n) is 12.5. The van der Waals surface area contributed by atoms with Gasteiger partial charge in [-0.05, 0) is 66.6 Å². The van der Waals surface area contributed by atoms with E-state index in [1.807, 2.05) is 31.3 Å². The number of pyridine rings is 1. The predicted molar refractivity (Wildman–Crippen MR) is 139 cm³/mol. The quantitative estimate of drug-likeness (QED) is 0.370. The molecule has 0 radical (unpaired) electrons. The first-order chi connectivity index (χ1) is 18.1. The molecule has 1 N–H and O–H groups in total. The summed E-state index contributed by atoms with van der Waals surface area (Å²) in [4.78, 5) is 24.0. The lowest BCUT2D eigenvalue weighted by Gasteiger charge is -2.15. The van der Waals surface area contributed by atoms with Gasteiger partial charge in [-0.1, -0.05) is 41.6 Å². The van der Waals surface area contributed by atoms with E-state index in [4.69, 9.17) is 14.2 Å². The minimum Gasteiger partial charge on any atom is -0.488 e. The number of hydrogen-bond donors (Lipinski definition) is 1. The maximum absolute atomic E-state index is 11.7. The molecular formula is C29H25N5O3. The molecule has 1 saturated carbocycles. The lowest BCUT2D eigenvalue weighted by Crippen LogP contribution is -2.06. The zero-order valence-corrected chi connectivity index (χ0v) is 20.6. The summed E-state index contributed by atoms with van der Waals surface area (Å²) in [5, 5.41) is 3.94. The van der Waals surface area contributed by atoms with Crippen LogP contribution in [0.1, 0.15) is 65.1 Å². The molecule has 0 saturated heterocycles. The third kappa shape index (κ3) is 3.67. The van der Waals surface area contributed by atoms with Crippen molar-refractivity contribution in [3.8, 4) is 5.75 Å². The number of benzene rings is 2. The van der Waals surface area contributed by atoms with Gasteiger partial charge in [0.15, 0.2) is 11.5 Å². The van der Waals surface area contributed by atoms with E-state index in [0.29, 0.717) is 24.9 Å². The van der Waals surface area contributed by atoms with E-state index in [1.54, 1.807) is 0 Å². The minimum absolute atomic E-state index is 0.409. The second kappa shape index (κ2) is 8.30. The number of hydrogen-bond acceptors (Lipinski definition) is 6. The van der Waals surface area contributed by atoms with Gasteiger partial charge in [0.1, 0.15) is 23.7 Å². The van der Waals surface area contributed by atoms with E-state index < -0.39 is 5.76 Å². The van der Waals surface area contributed by atoms with Gasteiger partial charge in [0.05, 0.1) is 6.54 Å². The average molecular weight is 492 g/mol. The molecule has 3 aromatic heterocycles. The maximum Gasteiger partial charge on any atom is 0.439 e. The fourth-order valence-electron chi connectivity index (χ4n) is 5.24. The second-order valence-corrected chi connectivity index (χ2v) is 9.85. The zero-order chi connectivity index (χ0) is 25.1. The predicted octanol–water partition coefficient (Wildman–Crippen LogP) is 5.21. The van der Waals surface area contributed by atoms with Crippen molar-refractivity contribution in [2.45, 2.75) is 45.8 Å². The summed E-state index contributed by atoms with van der Waals surface area (Å²) in [5.41, 5.74) is 9.00. The number of aromatic nitrogens is 5. The number of aromatic amines is 1. The van der Waals surface area contributed by atoms with Crippen molar-refractivity contribution in [1.29, 1.82) is 0 Å². The molecule has 8 nitrogen and oxygen atoms in total. The summed E-state index contributed by atoms with van der Waals surface area (Å²) >= 11 is 0. The Bertz CT molecular complexity index is 1770. The number of H-pyrrole nitrogens is 1. The van der Waals surface area contributed by atoms with Gasteiger partial charge in [-0.2, -0.15) is 0 Å². The highest BCUT2D eigenvalue weighted by atomic mass is 16.5. The van der Waals surface area contributed by atoms with E-state index in [0.717, 1.165) is 61.7 Å². The van der Waals surface area contributed by atoms with Crippen LogP contribution in [0.15, 0.2) is 64.0 Å². The zero-order valence-electron chi connectivity index (χ0n) is 20.6. The van der Waals surface area contributed by atoms with Gasteiger partial charge in [-0.3, -0.25) is 9.51 Å². The largest absolute Gasteiger partial charge is 0.488 e. The fraction of sp³-hybridized carbons (Fsp3) is 0.241. The molecular weight excluding hydrogens is 466 g/mol. The Balaban J connectivity index is 1.36. The summed E-state index contributed by atoms with van der Waals surface area (Å²) in [6.07, 6.45) is 4.20. The smallest absolute Gasteiger partial charge is 0.439 e. The maximum atomic E-state index is 11.7. The van der Waals surface area contributed by atoms with Crippen LogP contribution in [0.4, 0.5) is 0 Å². The number of fused-ring (bicyclic) bond motifs is 3. The highest BCUT2D eigenvalue weighted by Crippen LogP contribution is 2.43. The number of rotatable bonds is 4. The SMILES string of the molecule is C/C(=C1/c2ccccc2COc2cc(Cn3c(C4CC4)nc4c(C)ccnc43)ccc21)c1noc(=O)[nH]1. The van der Waals surface area contributed by atoms with Crippen LogP contribution < -0.4 is 10.5 Å². The Labute approximate surface area is 212 Å². The lowest BCUT2D eigenvalue weighted by molar-refractivity contribution is 0.307. The highest BCUT2D eigenvalue weighted by Gasteiger charge is 2.30.